The maximum absolute atomic E-state index is 12.3. The number of carbonyl (C=O) groups is 1. The van der Waals surface area contributed by atoms with E-state index < -0.39 is 10.9 Å². The first-order valence-corrected chi connectivity index (χ1v) is 8.92. The van der Waals surface area contributed by atoms with Gasteiger partial charge in [-0.25, -0.2) is 9.78 Å². The van der Waals surface area contributed by atoms with E-state index in [1.54, 1.807) is 30.5 Å². The smallest absolute Gasteiger partial charge is 0.338 e. The Kier molecular flexibility index (Phi) is 5.22. The van der Waals surface area contributed by atoms with Gasteiger partial charge < -0.3 is 13.7 Å². The molecule has 0 N–H and O–H groups in total. The van der Waals surface area contributed by atoms with Crippen LogP contribution < -0.4 is 0 Å². The van der Waals surface area contributed by atoms with Gasteiger partial charge in [0.25, 0.3) is 11.6 Å². The van der Waals surface area contributed by atoms with E-state index in [1.807, 2.05) is 0 Å². The number of hydrogen-bond acceptors (Lipinski definition) is 8. The van der Waals surface area contributed by atoms with Gasteiger partial charge in [0.1, 0.15) is 5.69 Å². The van der Waals surface area contributed by atoms with Crippen molar-refractivity contribution in [2.24, 2.45) is 0 Å². The third-order valence-corrected chi connectivity index (χ3v) is 4.42. The normalized spacial score (nSPS) is 10.7. The molecule has 0 fully saturated rings. The van der Waals surface area contributed by atoms with Gasteiger partial charge in [-0.2, -0.15) is 0 Å². The van der Waals surface area contributed by atoms with Crippen LogP contribution in [-0.4, -0.2) is 30.6 Å². The molecule has 0 saturated carbocycles. The lowest BCUT2D eigenvalue weighted by Crippen LogP contribution is -2.07. The SMILES string of the molecule is O=C(OCc1nnc(-c2ccccc2Cl)o1)c1ccc(-n2ccnc2)c([N+](=O)[O-])c1. The van der Waals surface area contributed by atoms with Crippen molar-refractivity contribution < 1.29 is 18.9 Å². The quantitative estimate of drug-likeness (QED) is 0.259. The lowest BCUT2D eigenvalue weighted by Gasteiger charge is -2.06. The van der Waals surface area contributed by atoms with Crippen molar-refractivity contribution in [3.8, 4) is 17.1 Å². The summed E-state index contributed by atoms with van der Waals surface area (Å²) in [6.45, 7) is -0.298. The lowest BCUT2D eigenvalue weighted by molar-refractivity contribution is -0.384. The summed E-state index contributed by atoms with van der Waals surface area (Å²) in [5.41, 5.74) is 0.572. The summed E-state index contributed by atoms with van der Waals surface area (Å²) in [7, 11) is 0. The topological polar surface area (TPSA) is 126 Å². The Hall–Kier alpha value is -4.05. The molecule has 0 saturated heterocycles. The largest absolute Gasteiger partial charge is 0.452 e. The van der Waals surface area contributed by atoms with Gasteiger partial charge >= 0.3 is 5.97 Å². The molecule has 11 heteroatoms. The van der Waals surface area contributed by atoms with Crippen LogP contribution in [0.3, 0.4) is 0 Å². The second-order valence-electron chi connectivity index (χ2n) is 5.99. The van der Waals surface area contributed by atoms with Gasteiger partial charge in [0.05, 0.1) is 27.4 Å². The molecule has 0 radical (unpaired) electrons. The molecule has 0 unspecified atom stereocenters. The molecule has 2 aromatic carbocycles. The fourth-order valence-electron chi connectivity index (χ4n) is 2.68. The van der Waals surface area contributed by atoms with E-state index in [2.05, 4.69) is 15.2 Å². The van der Waals surface area contributed by atoms with Gasteiger partial charge in [0.15, 0.2) is 6.61 Å². The molecule has 4 aromatic rings. The zero-order chi connectivity index (χ0) is 21.1. The van der Waals surface area contributed by atoms with Crippen molar-refractivity contribution in [1.29, 1.82) is 0 Å². The number of esters is 1. The number of nitro benzene ring substituents is 1. The first kappa shape index (κ1) is 19.3. The van der Waals surface area contributed by atoms with Crippen LogP contribution in [0.15, 0.2) is 65.6 Å². The van der Waals surface area contributed by atoms with E-state index in [4.69, 9.17) is 20.8 Å². The molecule has 150 valence electrons. The van der Waals surface area contributed by atoms with Crippen LogP contribution in [0.25, 0.3) is 17.1 Å². The molecular formula is C19H12ClN5O5. The second kappa shape index (κ2) is 8.13. The summed E-state index contributed by atoms with van der Waals surface area (Å²) < 4.78 is 12.1. The molecule has 0 amide bonds. The van der Waals surface area contributed by atoms with Gasteiger partial charge in [0, 0.05) is 18.5 Å². The number of benzene rings is 2. The Balaban J connectivity index is 1.49. The van der Waals surface area contributed by atoms with Gasteiger partial charge in [-0.3, -0.25) is 10.1 Å². The summed E-state index contributed by atoms with van der Waals surface area (Å²) in [6, 6.07) is 10.9. The van der Waals surface area contributed by atoms with E-state index in [9.17, 15) is 14.9 Å². The standard InChI is InChI=1S/C19H12ClN5O5/c20-14-4-2-1-3-13(14)18-23-22-17(30-18)10-29-19(26)12-5-6-15(16(9-12)25(27)28)24-8-7-21-11-24/h1-9,11H,10H2. The first-order chi connectivity index (χ1) is 14.5. The Morgan fingerprint density at radius 2 is 2.07 bits per heavy atom. The maximum atomic E-state index is 12.3. The van der Waals surface area contributed by atoms with E-state index >= 15 is 0 Å². The molecule has 0 aliphatic rings. The highest BCUT2D eigenvalue weighted by Crippen LogP contribution is 2.27. The molecule has 2 heterocycles. The second-order valence-corrected chi connectivity index (χ2v) is 6.39. The predicted octanol–water partition coefficient (Wildman–Crippen LogP) is 3.84. The van der Waals surface area contributed by atoms with E-state index in [0.717, 1.165) is 6.07 Å². The minimum atomic E-state index is -0.771. The zero-order valence-corrected chi connectivity index (χ0v) is 15.9. The Labute approximate surface area is 173 Å². The molecule has 0 aliphatic heterocycles. The van der Waals surface area contributed by atoms with Gasteiger partial charge in [-0.15, -0.1) is 10.2 Å². The summed E-state index contributed by atoms with van der Waals surface area (Å²) >= 11 is 6.09. The third-order valence-electron chi connectivity index (χ3n) is 4.09. The van der Waals surface area contributed by atoms with E-state index in [1.165, 1.54) is 29.2 Å². The fourth-order valence-corrected chi connectivity index (χ4v) is 2.90. The van der Waals surface area contributed by atoms with E-state index in [-0.39, 0.29) is 35.3 Å². The number of aromatic nitrogens is 4. The van der Waals surface area contributed by atoms with Crippen LogP contribution in [0.4, 0.5) is 5.69 Å². The van der Waals surface area contributed by atoms with Crippen LogP contribution in [-0.2, 0) is 11.3 Å². The van der Waals surface area contributed by atoms with E-state index in [0.29, 0.717) is 10.6 Å². The highest BCUT2D eigenvalue weighted by molar-refractivity contribution is 6.33. The fraction of sp³-hybridized carbons (Fsp3) is 0.0526. The zero-order valence-electron chi connectivity index (χ0n) is 15.1. The number of hydrogen-bond donors (Lipinski definition) is 0. The lowest BCUT2D eigenvalue weighted by atomic mass is 10.1. The number of halogens is 1. The number of nitro groups is 1. The van der Waals surface area contributed by atoms with Crippen molar-refractivity contribution in [2.75, 3.05) is 0 Å². The minimum Gasteiger partial charge on any atom is -0.452 e. The van der Waals surface area contributed by atoms with Gasteiger partial charge in [0.2, 0.25) is 5.89 Å². The molecule has 2 aromatic heterocycles. The number of imidazole rings is 1. The van der Waals surface area contributed by atoms with Crippen molar-refractivity contribution in [3.63, 3.8) is 0 Å². The van der Waals surface area contributed by atoms with Crippen LogP contribution >= 0.6 is 11.6 Å². The van der Waals surface area contributed by atoms with Crippen molar-refractivity contribution >= 4 is 23.3 Å². The maximum Gasteiger partial charge on any atom is 0.338 e. The third kappa shape index (κ3) is 3.89. The summed E-state index contributed by atoms with van der Waals surface area (Å²) in [5, 5.41) is 19.6. The van der Waals surface area contributed by atoms with Crippen LogP contribution in [0.2, 0.25) is 5.02 Å². The molecule has 4 rings (SSSR count). The monoisotopic (exact) mass is 425 g/mol. The van der Waals surface area contributed by atoms with Gasteiger partial charge in [-0.05, 0) is 24.3 Å². The Morgan fingerprint density at radius 1 is 1.23 bits per heavy atom. The highest BCUT2D eigenvalue weighted by atomic mass is 35.5. The summed E-state index contributed by atoms with van der Waals surface area (Å²) in [6.07, 6.45) is 4.48. The average molecular weight is 426 g/mol. The van der Waals surface area contributed by atoms with Crippen molar-refractivity contribution in [1.82, 2.24) is 19.7 Å². The number of nitrogens with zero attached hydrogens (tertiary/aromatic N) is 5. The first-order valence-electron chi connectivity index (χ1n) is 8.54. The number of ether oxygens (including phenoxy) is 1. The Bertz CT molecular complexity index is 1220. The molecular weight excluding hydrogens is 414 g/mol. The molecule has 0 atom stereocenters. The molecule has 30 heavy (non-hydrogen) atoms. The number of carbonyl (C=O) groups excluding carboxylic acids is 1. The predicted molar refractivity (Wildman–Crippen MR) is 104 cm³/mol. The molecule has 0 aliphatic carbocycles. The minimum absolute atomic E-state index is 0.0106. The molecule has 10 nitrogen and oxygen atoms in total. The van der Waals surface area contributed by atoms with Crippen LogP contribution in [0.5, 0.6) is 0 Å². The van der Waals surface area contributed by atoms with Crippen LogP contribution in [0, 0.1) is 10.1 Å². The number of rotatable bonds is 6. The Morgan fingerprint density at radius 3 is 2.80 bits per heavy atom. The molecule has 0 bridgehead atoms. The molecule has 0 spiro atoms. The van der Waals surface area contributed by atoms with Gasteiger partial charge in [-0.1, -0.05) is 23.7 Å². The average Bonchev–Trinajstić information content (AvgIpc) is 3.44. The van der Waals surface area contributed by atoms with Crippen molar-refractivity contribution in [3.05, 3.63) is 87.8 Å². The summed E-state index contributed by atoms with van der Waals surface area (Å²) in [5.74, 6) is -0.525. The summed E-state index contributed by atoms with van der Waals surface area (Å²) in [4.78, 5) is 27.0. The van der Waals surface area contributed by atoms with Crippen LogP contribution in [0.1, 0.15) is 16.2 Å². The highest BCUT2D eigenvalue weighted by Gasteiger charge is 2.20. The van der Waals surface area contributed by atoms with Crippen molar-refractivity contribution in [2.45, 2.75) is 6.61 Å².